The quantitative estimate of drug-likeness (QED) is 0.392. The molecule has 0 unspecified atom stereocenters. The Labute approximate surface area is 225 Å². The molecule has 1 aliphatic rings. The highest BCUT2D eigenvalue weighted by Crippen LogP contribution is 2.37. The molecule has 3 rings (SSSR count). The second-order valence-electron chi connectivity index (χ2n) is 10.2. The minimum Gasteiger partial charge on any atom is -0.383 e. The summed E-state index contributed by atoms with van der Waals surface area (Å²) in [6.07, 6.45) is -9.63. The van der Waals surface area contributed by atoms with Crippen molar-refractivity contribution >= 4 is 5.91 Å². The number of hydrogen-bond donors (Lipinski definition) is 0. The van der Waals surface area contributed by atoms with E-state index in [-0.39, 0.29) is 12.6 Å². The molecule has 0 bridgehead atoms. The molecule has 0 saturated carbocycles. The Balaban J connectivity index is 1.89. The highest BCUT2D eigenvalue weighted by Gasteiger charge is 2.39. The van der Waals surface area contributed by atoms with E-state index in [1.54, 1.807) is 7.11 Å². The maximum atomic E-state index is 13.5. The second kappa shape index (κ2) is 12.7. The van der Waals surface area contributed by atoms with Crippen LogP contribution in [-0.4, -0.2) is 86.7 Å². The number of amides is 1. The van der Waals surface area contributed by atoms with E-state index >= 15 is 0 Å². The van der Waals surface area contributed by atoms with E-state index in [1.165, 1.54) is 4.90 Å². The van der Waals surface area contributed by atoms with Crippen LogP contribution >= 0.6 is 0 Å². The largest absolute Gasteiger partial charge is 0.416 e. The lowest BCUT2D eigenvalue weighted by Gasteiger charge is -2.42. The van der Waals surface area contributed by atoms with Crippen molar-refractivity contribution in [3.8, 4) is 0 Å². The fraction of sp³-hybridized carbons (Fsp3) is 0.536. The van der Waals surface area contributed by atoms with Gasteiger partial charge in [0.25, 0.3) is 5.91 Å². The van der Waals surface area contributed by atoms with Crippen LogP contribution in [0.2, 0.25) is 0 Å². The maximum Gasteiger partial charge on any atom is 0.416 e. The van der Waals surface area contributed by atoms with E-state index in [9.17, 15) is 31.1 Å². The molecule has 0 N–H and O–H groups in total. The van der Waals surface area contributed by atoms with E-state index in [0.29, 0.717) is 44.8 Å². The number of carbonyl (C=O) groups is 1. The van der Waals surface area contributed by atoms with Crippen molar-refractivity contribution in [2.45, 2.75) is 38.7 Å². The molecule has 0 aromatic heterocycles. The van der Waals surface area contributed by atoms with Crippen molar-refractivity contribution in [3.63, 3.8) is 0 Å². The van der Waals surface area contributed by atoms with E-state index in [1.807, 2.05) is 39.1 Å². The van der Waals surface area contributed by atoms with Crippen molar-refractivity contribution in [2.75, 3.05) is 60.0 Å². The number of methoxy groups -OCH3 is 1. The predicted octanol–water partition coefficient (Wildman–Crippen LogP) is 5.29. The molecule has 39 heavy (non-hydrogen) atoms. The summed E-state index contributed by atoms with van der Waals surface area (Å²) in [4.78, 5) is 19.2. The van der Waals surface area contributed by atoms with Gasteiger partial charge < -0.3 is 14.5 Å². The van der Waals surface area contributed by atoms with Crippen LogP contribution in [0.25, 0.3) is 0 Å². The molecule has 2 aromatic rings. The average Bonchev–Trinajstić information content (AvgIpc) is 2.86. The van der Waals surface area contributed by atoms with Crippen LogP contribution in [0.3, 0.4) is 0 Å². The molecule has 1 amide bonds. The first-order valence-electron chi connectivity index (χ1n) is 12.8. The van der Waals surface area contributed by atoms with Gasteiger partial charge in [0, 0.05) is 58.0 Å². The maximum absolute atomic E-state index is 13.5. The van der Waals surface area contributed by atoms with Crippen LogP contribution in [-0.2, 0) is 23.5 Å². The Kier molecular flexibility index (Phi) is 10.1. The van der Waals surface area contributed by atoms with E-state index in [0.717, 1.165) is 29.8 Å². The minimum atomic E-state index is -5.03. The normalized spacial score (nSPS) is 17.2. The van der Waals surface area contributed by atoms with Crippen LogP contribution in [0.1, 0.15) is 38.2 Å². The molecule has 1 fully saturated rings. The Morgan fingerprint density at radius 3 is 2.15 bits per heavy atom. The zero-order chi connectivity index (χ0) is 29.0. The number of rotatable bonds is 9. The highest BCUT2D eigenvalue weighted by molar-refractivity contribution is 5.95. The van der Waals surface area contributed by atoms with Crippen LogP contribution in [0.5, 0.6) is 0 Å². The number of carbonyl (C=O) groups excluding carboxylic acids is 1. The fourth-order valence-corrected chi connectivity index (χ4v) is 4.68. The molecule has 2 aromatic carbocycles. The molecule has 0 spiro atoms. The van der Waals surface area contributed by atoms with E-state index < -0.39 is 41.0 Å². The number of piperazine rings is 1. The Hall–Kier alpha value is -2.63. The summed E-state index contributed by atoms with van der Waals surface area (Å²) < 4.78 is 85.8. The van der Waals surface area contributed by atoms with E-state index in [2.05, 4.69) is 9.80 Å². The monoisotopic (exact) mass is 559 g/mol. The Morgan fingerprint density at radius 1 is 0.949 bits per heavy atom. The molecule has 1 saturated heterocycles. The van der Waals surface area contributed by atoms with Gasteiger partial charge in [0.1, 0.15) is 0 Å². The van der Waals surface area contributed by atoms with Gasteiger partial charge >= 0.3 is 12.4 Å². The van der Waals surface area contributed by atoms with E-state index in [4.69, 9.17) is 4.74 Å². The van der Waals surface area contributed by atoms with Gasteiger partial charge in [-0.25, -0.2) is 0 Å². The van der Waals surface area contributed by atoms with Crippen molar-refractivity contribution in [1.29, 1.82) is 0 Å². The molecule has 1 heterocycles. The summed E-state index contributed by atoms with van der Waals surface area (Å²) >= 11 is 0. The van der Waals surface area contributed by atoms with Crippen molar-refractivity contribution < 1.29 is 35.9 Å². The lowest BCUT2D eigenvalue weighted by atomic mass is 9.97. The number of aryl methyl sites for hydroxylation is 2. The molecule has 1 aliphatic heterocycles. The zero-order valence-electron chi connectivity index (χ0n) is 22.6. The minimum absolute atomic E-state index is 0.0430. The van der Waals surface area contributed by atoms with Crippen molar-refractivity contribution in [1.82, 2.24) is 14.7 Å². The van der Waals surface area contributed by atoms with Gasteiger partial charge in [-0.2, -0.15) is 26.3 Å². The lowest BCUT2D eigenvalue weighted by molar-refractivity contribution is -0.143. The van der Waals surface area contributed by atoms with Gasteiger partial charge in [-0.15, -0.1) is 0 Å². The van der Waals surface area contributed by atoms with Gasteiger partial charge in [0.15, 0.2) is 0 Å². The van der Waals surface area contributed by atoms with Gasteiger partial charge in [0.2, 0.25) is 0 Å². The zero-order valence-corrected chi connectivity index (χ0v) is 22.6. The number of nitrogens with zero attached hydrogens (tertiary/aromatic N) is 3. The topological polar surface area (TPSA) is 36.0 Å². The predicted molar refractivity (Wildman–Crippen MR) is 137 cm³/mol. The van der Waals surface area contributed by atoms with Crippen LogP contribution in [0.15, 0.2) is 36.4 Å². The number of likely N-dealkylation sites (N-methyl/N-ethyl adjacent to an activating group) is 1. The third-order valence-corrected chi connectivity index (χ3v) is 7.18. The molecule has 0 radical (unpaired) electrons. The molecular formula is C28H35F6N3O2. The molecule has 1 atom stereocenters. The smallest absolute Gasteiger partial charge is 0.383 e. The molecule has 0 aliphatic carbocycles. The van der Waals surface area contributed by atoms with Crippen LogP contribution in [0, 0.1) is 13.8 Å². The number of benzene rings is 2. The summed E-state index contributed by atoms with van der Waals surface area (Å²) in [5.74, 6) is -0.836. The number of ether oxygens (including phenoxy) is 1. The van der Waals surface area contributed by atoms with Gasteiger partial charge in [-0.05, 0) is 62.2 Å². The molecule has 5 nitrogen and oxygen atoms in total. The van der Waals surface area contributed by atoms with Gasteiger partial charge in [0.05, 0.1) is 17.7 Å². The summed E-state index contributed by atoms with van der Waals surface area (Å²) in [5.41, 5.74) is -0.506. The molecular weight excluding hydrogens is 524 g/mol. The highest BCUT2D eigenvalue weighted by atomic mass is 19.4. The SMILES string of the molecule is COCCN(C)CCN1CCN(C(=O)c2cc(C(F)(F)F)cc(C(F)(F)F)c2)[C@H](Cc2ccc(C)c(C)c2)C1. The number of alkyl halides is 6. The first kappa shape index (κ1) is 30.9. The molecule has 216 valence electrons. The summed E-state index contributed by atoms with van der Waals surface area (Å²) in [7, 11) is 3.60. The van der Waals surface area contributed by atoms with Crippen molar-refractivity contribution in [2.24, 2.45) is 0 Å². The van der Waals surface area contributed by atoms with Crippen LogP contribution < -0.4 is 0 Å². The Morgan fingerprint density at radius 2 is 1.59 bits per heavy atom. The summed E-state index contributed by atoms with van der Waals surface area (Å²) in [6, 6.07) is 6.55. The standard InChI is InChI=1S/C28H35F6N3O2/c1-19-5-6-21(13-20(19)2)14-25-18-36(8-7-35(3)11-12-39-4)9-10-37(25)26(38)22-15-23(27(29,30)31)17-24(16-22)28(32,33)34/h5-6,13,15-17,25H,7-12,14,18H2,1-4H3/t25-/m1/s1. The summed E-state index contributed by atoms with van der Waals surface area (Å²) in [5, 5.41) is 0. The van der Waals surface area contributed by atoms with Crippen LogP contribution in [0.4, 0.5) is 26.3 Å². The Bertz CT molecular complexity index is 1100. The lowest BCUT2D eigenvalue weighted by Crippen LogP contribution is -2.56. The molecule has 11 heteroatoms. The second-order valence-corrected chi connectivity index (χ2v) is 10.2. The number of hydrogen-bond acceptors (Lipinski definition) is 4. The average molecular weight is 560 g/mol. The number of halogens is 6. The fourth-order valence-electron chi connectivity index (χ4n) is 4.68. The first-order chi connectivity index (χ1) is 18.2. The first-order valence-corrected chi connectivity index (χ1v) is 12.8. The van der Waals surface area contributed by atoms with Crippen molar-refractivity contribution in [3.05, 3.63) is 69.8 Å². The third kappa shape index (κ3) is 8.43. The van der Waals surface area contributed by atoms with Gasteiger partial charge in [-0.1, -0.05) is 18.2 Å². The third-order valence-electron chi connectivity index (χ3n) is 7.18. The summed E-state index contributed by atoms with van der Waals surface area (Å²) in [6.45, 7) is 7.82. The van der Waals surface area contributed by atoms with Gasteiger partial charge in [-0.3, -0.25) is 9.69 Å².